The van der Waals surface area contributed by atoms with Gasteiger partial charge in [0.15, 0.2) is 5.69 Å². The first kappa shape index (κ1) is 22.9. The lowest BCUT2D eigenvalue weighted by Gasteiger charge is -2.30. The summed E-state index contributed by atoms with van der Waals surface area (Å²) in [6.45, 7) is 9.24. The highest BCUT2D eigenvalue weighted by atomic mass is 16.5. The Morgan fingerprint density at radius 3 is 2.45 bits per heavy atom. The van der Waals surface area contributed by atoms with Gasteiger partial charge in [-0.3, -0.25) is 9.69 Å². The van der Waals surface area contributed by atoms with Crippen LogP contribution in [-0.2, 0) is 13.1 Å². The van der Waals surface area contributed by atoms with Gasteiger partial charge in [0.1, 0.15) is 12.0 Å². The molecule has 0 fully saturated rings. The first-order valence-electron chi connectivity index (χ1n) is 10.0. The number of amides is 1. The molecular weight excluding hydrogens is 368 g/mol. The quantitative estimate of drug-likeness (QED) is 0.623. The Morgan fingerprint density at radius 2 is 1.86 bits per heavy atom. The van der Waals surface area contributed by atoms with Gasteiger partial charge in [-0.05, 0) is 44.6 Å². The maximum Gasteiger partial charge on any atom is 0.273 e. The molecule has 1 aromatic carbocycles. The second-order valence-electron chi connectivity index (χ2n) is 7.92. The van der Waals surface area contributed by atoms with Crippen molar-refractivity contribution in [3.05, 3.63) is 47.7 Å². The number of hydrogen-bond donors (Lipinski definition) is 1. The molecule has 0 spiro atoms. The van der Waals surface area contributed by atoms with Crippen LogP contribution in [0.1, 0.15) is 42.7 Å². The van der Waals surface area contributed by atoms with Gasteiger partial charge < -0.3 is 19.4 Å². The van der Waals surface area contributed by atoms with Crippen LogP contribution in [0.5, 0.6) is 5.75 Å². The van der Waals surface area contributed by atoms with E-state index in [-0.39, 0.29) is 5.91 Å². The Hall–Kier alpha value is -2.38. The van der Waals surface area contributed by atoms with Crippen LogP contribution in [0.4, 0.5) is 0 Å². The molecule has 0 aliphatic carbocycles. The van der Waals surface area contributed by atoms with Gasteiger partial charge in [0.05, 0.1) is 13.7 Å². The molecule has 1 heterocycles. The fourth-order valence-electron chi connectivity index (χ4n) is 2.88. The molecule has 1 unspecified atom stereocenters. The molecule has 1 aromatic heterocycles. The Labute approximate surface area is 174 Å². The summed E-state index contributed by atoms with van der Waals surface area (Å²) < 4.78 is 10.8. The minimum absolute atomic E-state index is 0.208. The molecule has 7 heteroatoms. The largest absolute Gasteiger partial charge is 0.497 e. The number of ether oxygens (including phenoxy) is 1. The molecule has 7 nitrogen and oxygen atoms in total. The zero-order chi connectivity index (χ0) is 21.4. The zero-order valence-corrected chi connectivity index (χ0v) is 18.4. The van der Waals surface area contributed by atoms with Gasteiger partial charge in [-0.15, -0.1) is 0 Å². The van der Waals surface area contributed by atoms with Gasteiger partial charge in [-0.2, -0.15) is 0 Å². The van der Waals surface area contributed by atoms with Gasteiger partial charge in [-0.1, -0.05) is 26.0 Å². The lowest BCUT2D eigenvalue weighted by Crippen LogP contribution is -2.36. The molecule has 0 radical (unpaired) electrons. The number of oxazole rings is 1. The van der Waals surface area contributed by atoms with Crippen LogP contribution in [-0.4, -0.2) is 61.0 Å². The number of rotatable bonds is 11. The molecule has 29 heavy (non-hydrogen) atoms. The van der Waals surface area contributed by atoms with E-state index in [1.165, 1.54) is 11.8 Å². The van der Waals surface area contributed by atoms with Crippen molar-refractivity contribution in [2.45, 2.75) is 39.9 Å². The van der Waals surface area contributed by atoms with Crippen molar-refractivity contribution < 1.29 is 13.9 Å². The fraction of sp³-hybridized carbons (Fsp3) is 0.545. The summed E-state index contributed by atoms with van der Waals surface area (Å²) in [6, 6.07) is 8.39. The van der Waals surface area contributed by atoms with Crippen molar-refractivity contribution in [1.29, 1.82) is 0 Å². The van der Waals surface area contributed by atoms with E-state index in [0.717, 1.165) is 18.8 Å². The predicted octanol–water partition coefficient (Wildman–Crippen LogP) is 3.02. The summed E-state index contributed by atoms with van der Waals surface area (Å²) >= 11 is 0. The summed E-state index contributed by atoms with van der Waals surface area (Å²) in [4.78, 5) is 21.0. The fourth-order valence-corrected chi connectivity index (χ4v) is 2.88. The molecule has 2 aromatic rings. The van der Waals surface area contributed by atoms with Crippen molar-refractivity contribution >= 4 is 5.91 Å². The van der Waals surface area contributed by atoms with Crippen molar-refractivity contribution in [3.63, 3.8) is 0 Å². The minimum Gasteiger partial charge on any atom is -0.497 e. The van der Waals surface area contributed by atoms with Crippen molar-refractivity contribution in [3.8, 4) is 5.75 Å². The maximum atomic E-state index is 12.2. The number of aromatic nitrogens is 1. The predicted molar refractivity (Wildman–Crippen MR) is 114 cm³/mol. The number of nitrogens with one attached hydrogen (secondary N) is 1. The van der Waals surface area contributed by atoms with E-state index < -0.39 is 0 Å². The van der Waals surface area contributed by atoms with Gasteiger partial charge in [-0.25, -0.2) is 4.98 Å². The topological polar surface area (TPSA) is 70.8 Å². The minimum atomic E-state index is -0.208. The third kappa shape index (κ3) is 7.18. The number of nitrogens with zero attached hydrogens (tertiary/aromatic N) is 3. The second-order valence-corrected chi connectivity index (χ2v) is 7.92. The summed E-state index contributed by atoms with van der Waals surface area (Å²) in [5.74, 6) is 1.65. The molecule has 0 saturated heterocycles. The number of likely N-dealkylation sites (N-methyl/N-ethyl adjacent to an activating group) is 1. The molecular formula is C22H34N4O3. The number of carbonyl (C=O) groups is 1. The van der Waals surface area contributed by atoms with Gasteiger partial charge in [0, 0.05) is 25.7 Å². The van der Waals surface area contributed by atoms with Crippen LogP contribution < -0.4 is 10.1 Å². The monoisotopic (exact) mass is 402 g/mol. The number of hydrogen-bond acceptors (Lipinski definition) is 6. The SMILES string of the molecule is COc1ccc(CN(Cc2nc(C(=O)NCCN(C)C)co2)C(C)C(C)C)cc1. The van der Waals surface area contributed by atoms with Crippen molar-refractivity contribution in [1.82, 2.24) is 20.1 Å². The molecule has 0 aliphatic rings. The lowest BCUT2D eigenvalue weighted by molar-refractivity contribution is 0.0945. The Kier molecular flexibility index (Phi) is 8.67. The number of carbonyl (C=O) groups excluding carboxylic acids is 1. The van der Waals surface area contributed by atoms with Crippen LogP contribution in [0, 0.1) is 5.92 Å². The average molecular weight is 403 g/mol. The normalized spacial score (nSPS) is 12.6. The van der Waals surface area contributed by atoms with Crippen molar-refractivity contribution in [2.75, 3.05) is 34.3 Å². The third-order valence-corrected chi connectivity index (χ3v) is 5.05. The van der Waals surface area contributed by atoms with Gasteiger partial charge in [0.25, 0.3) is 5.91 Å². The van der Waals surface area contributed by atoms with E-state index in [4.69, 9.17) is 9.15 Å². The van der Waals surface area contributed by atoms with E-state index in [9.17, 15) is 4.79 Å². The number of methoxy groups -OCH3 is 1. The van der Waals surface area contributed by atoms with Crippen molar-refractivity contribution in [2.24, 2.45) is 5.92 Å². The third-order valence-electron chi connectivity index (χ3n) is 5.05. The van der Waals surface area contributed by atoms with E-state index >= 15 is 0 Å². The average Bonchev–Trinajstić information content (AvgIpc) is 3.15. The summed E-state index contributed by atoms with van der Waals surface area (Å²) in [5, 5.41) is 2.86. The van der Waals surface area contributed by atoms with Gasteiger partial charge in [0.2, 0.25) is 5.89 Å². The van der Waals surface area contributed by atoms with Crippen LogP contribution in [0.15, 0.2) is 34.9 Å². The highest BCUT2D eigenvalue weighted by molar-refractivity contribution is 5.91. The Morgan fingerprint density at radius 1 is 1.17 bits per heavy atom. The highest BCUT2D eigenvalue weighted by Gasteiger charge is 2.21. The summed E-state index contributed by atoms with van der Waals surface area (Å²) in [6.07, 6.45) is 1.44. The smallest absolute Gasteiger partial charge is 0.273 e. The van der Waals surface area contributed by atoms with Crippen LogP contribution in [0.25, 0.3) is 0 Å². The molecule has 0 aliphatic heterocycles. The summed E-state index contributed by atoms with van der Waals surface area (Å²) in [7, 11) is 5.60. The Bertz CT molecular complexity index is 756. The second kappa shape index (κ2) is 11.0. The van der Waals surface area contributed by atoms with Crippen LogP contribution in [0.2, 0.25) is 0 Å². The Balaban J connectivity index is 2.04. The molecule has 160 valence electrons. The molecule has 1 atom stereocenters. The van der Waals surface area contributed by atoms with E-state index in [1.54, 1.807) is 7.11 Å². The first-order valence-corrected chi connectivity index (χ1v) is 10.0. The van der Waals surface area contributed by atoms with Crippen LogP contribution in [0.3, 0.4) is 0 Å². The van der Waals surface area contributed by atoms with E-state index in [1.807, 2.05) is 31.1 Å². The first-order chi connectivity index (χ1) is 13.8. The number of benzene rings is 1. The molecule has 1 amide bonds. The lowest BCUT2D eigenvalue weighted by atomic mass is 10.0. The highest BCUT2D eigenvalue weighted by Crippen LogP contribution is 2.19. The molecule has 1 N–H and O–H groups in total. The molecule has 0 bridgehead atoms. The van der Waals surface area contributed by atoms with E-state index in [2.05, 4.69) is 48.1 Å². The van der Waals surface area contributed by atoms with Crippen LogP contribution >= 0.6 is 0 Å². The van der Waals surface area contributed by atoms with E-state index in [0.29, 0.717) is 36.6 Å². The maximum absolute atomic E-state index is 12.2. The molecule has 0 saturated carbocycles. The zero-order valence-electron chi connectivity index (χ0n) is 18.4. The standard InChI is InChI=1S/C22H34N4O3/c1-16(2)17(3)26(13-18-7-9-19(28-6)10-8-18)14-21-24-20(15-29-21)22(27)23-11-12-25(4)5/h7-10,15-17H,11-14H2,1-6H3,(H,23,27). The molecule has 2 rings (SSSR count). The van der Waals surface area contributed by atoms with Gasteiger partial charge >= 0.3 is 0 Å². The summed E-state index contributed by atoms with van der Waals surface area (Å²) in [5.41, 5.74) is 1.51.